The largest absolute Gasteiger partial charge is 0.495 e. The molecule has 6 nitrogen and oxygen atoms in total. The van der Waals surface area contributed by atoms with Gasteiger partial charge in [0.2, 0.25) is 11.8 Å². The molecule has 4 aliphatic carbocycles. The molecule has 2 N–H and O–H groups in total. The summed E-state index contributed by atoms with van der Waals surface area (Å²) in [5.74, 6) is 4.28. The monoisotopic (exact) mass is 488 g/mol. The second-order valence-corrected chi connectivity index (χ2v) is 11.4. The second-order valence-electron chi connectivity index (χ2n) is 11.4. The summed E-state index contributed by atoms with van der Waals surface area (Å²) in [5.41, 5.74) is 3.31. The smallest absolute Gasteiger partial charge is 0.227 e. The van der Waals surface area contributed by atoms with Crippen molar-refractivity contribution in [1.29, 1.82) is 0 Å². The fourth-order valence-corrected chi connectivity index (χ4v) is 7.53. The van der Waals surface area contributed by atoms with Gasteiger partial charge in [-0.25, -0.2) is 0 Å². The summed E-state index contributed by atoms with van der Waals surface area (Å²) in [4.78, 5) is 25.9. The van der Waals surface area contributed by atoms with Crippen LogP contribution in [0.1, 0.15) is 51.4 Å². The Kier molecular flexibility index (Phi) is 6.14. The molecule has 4 fully saturated rings. The van der Waals surface area contributed by atoms with Crippen molar-refractivity contribution in [3.8, 4) is 22.6 Å². The van der Waals surface area contributed by atoms with E-state index in [-0.39, 0.29) is 23.7 Å². The average Bonchev–Trinajstić information content (AvgIpc) is 3.71. The van der Waals surface area contributed by atoms with E-state index in [9.17, 15) is 9.59 Å². The van der Waals surface area contributed by atoms with E-state index in [0.29, 0.717) is 34.7 Å². The van der Waals surface area contributed by atoms with E-state index in [4.69, 9.17) is 9.47 Å². The van der Waals surface area contributed by atoms with Gasteiger partial charge in [0.05, 0.1) is 25.6 Å². The Bertz CT molecular complexity index is 1090. The van der Waals surface area contributed by atoms with Crippen LogP contribution in [0.15, 0.2) is 36.4 Å². The SMILES string of the molecule is COc1cc(-c2ccc(NC(=O)[C@@H]3C[C@@H]4CC[C@@H]3C4)c(OC)c2)ccc1NC(=O)[C@H]1C[C@H]2CC[C@@H]1C2. The molecule has 190 valence electrons. The van der Waals surface area contributed by atoms with E-state index in [1.54, 1.807) is 14.2 Å². The van der Waals surface area contributed by atoms with Crippen molar-refractivity contribution >= 4 is 23.2 Å². The zero-order valence-electron chi connectivity index (χ0n) is 21.2. The van der Waals surface area contributed by atoms with Crippen molar-refractivity contribution < 1.29 is 19.1 Å². The maximum Gasteiger partial charge on any atom is 0.227 e. The lowest BCUT2D eigenvalue weighted by Gasteiger charge is -2.22. The zero-order chi connectivity index (χ0) is 24.8. The Hall–Kier alpha value is -3.02. The Labute approximate surface area is 213 Å². The number of anilines is 2. The molecule has 4 bridgehead atoms. The summed E-state index contributed by atoms with van der Waals surface area (Å²) in [7, 11) is 3.25. The third kappa shape index (κ3) is 4.25. The van der Waals surface area contributed by atoms with Crippen LogP contribution in [0.2, 0.25) is 0 Å². The van der Waals surface area contributed by atoms with E-state index < -0.39 is 0 Å². The Morgan fingerprint density at radius 3 is 1.44 bits per heavy atom. The minimum atomic E-state index is 0.116. The number of methoxy groups -OCH3 is 2. The molecule has 2 amide bonds. The number of benzene rings is 2. The van der Waals surface area contributed by atoms with Crippen molar-refractivity contribution in [2.75, 3.05) is 24.9 Å². The van der Waals surface area contributed by atoms with E-state index in [1.807, 2.05) is 36.4 Å². The van der Waals surface area contributed by atoms with Gasteiger partial charge >= 0.3 is 0 Å². The molecule has 0 spiro atoms. The van der Waals surface area contributed by atoms with Crippen LogP contribution >= 0.6 is 0 Å². The number of hydrogen-bond acceptors (Lipinski definition) is 4. The quantitative estimate of drug-likeness (QED) is 0.492. The van der Waals surface area contributed by atoms with Crippen molar-refractivity contribution in [3.63, 3.8) is 0 Å². The molecule has 2 aromatic carbocycles. The van der Waals surface area contributed by atoms with Crippen molar-refractivity contribution in [2.45, 2.75) is 51.4 Å². The number of hydrogen-bond donors (Lipinski definition) is 2. The summed E-state index contributed by atoms with van der Waals surface area (Å²) in [6, 6.07) is 11.7. The minimum Gasteiger partial charge on any atom is -0.495 e. The third-order valence-corrected chi connectivity index (χ3v) is 9.40. The highest BCUT2D eigenvalue weighted by Gasteiger charge is 2.44. The van der Waals surface area contributed by atoms with Crippen LogP contribution in [0, 0.1) is 35.5 Å². The van der Waals surface area contributed by atoms with E-state index in [0.717, 1.165) is 35.8 Å². The van der Waals surface area contributed by atoms with Crippen molar-refractivity contribution in [1.82, 2.24) is 0 Å². The lowest BCUT2D eigenvalue weighted by Crippen LogP contribution is -2.27. The number of ether oxygens (including phenoxy) is 2. The van der Waals surface area contributed by atoms with Gasteiger partial charge < -0.3 is 20.1 Å². The summed E-state index contributed by atoms with van der Waals surface area (Å²) in [5, 5.41) is 6.24. The Morgan fingerprint density at radius 2 is 1.11 bits per heavy atom. The zero-order valence-corrected chi connectivity index (χ0v) is 21.2. The predicted molar refractivity (Wildman–Crippen MR) is 140 cm³/mol. The molecule has 6 rings (SSSR count). The topological polar surface area (TPSA) is 76.7 Å². The van der Waals surface area contributed by atoms with Gasteiger partial charge in [0.1, 0.15) is 11.5 Å². The van der Waals surface area contributed by atoms with E-state index >= 15 is 0 Å². The summed E-state index contributed by atoms with van der Waals surface area (Å²) >= 11 is 0. The maximum atomic E-state index is 13.0. The normalized spacial score (nSPS) is 29.8. The molecule has 4 saturated carbocycles. The van der Waals surface area contributed by atoms with Gasteiger partial charge in [0.25, 0.3) is 0 Å². The molecule has 0 unspecified atom stereocenters. The van der Waals surface area contributed by atoms with Crippen LogP contribution in [0.4, 0.5) is 11.4 Å². The molecule has 36 heavy (non-hydrogen) atoms. The van der Waals surface area contributed by atoms with Crippen LogP contribution in [0.25, 0.3) is 11.1 Å². The fraction of sp³-hybridized carbons (Fsp3) is 0.533. The molecule has 6 heteroatoms. The first kappa shape index (κ1) is 23.4. The molecule has 0 heterocycles. The Morgan fingerprint density at radius 1 is 0.667 bits per heavy atom. The summed E-state index contributed by atoms with van der Waals surface area (Å²) < 4.78 is 11.3. The molecule has 0 saturated heterocycles. The van der Waals surface area contributed by atoms with Crippen LogP contribution in [-0.2, 0) is 9.59 Å². The lowest BCUT2D eigenvalue weighted by atomic mass is 9.88. The third-order valence-electron chi connectivity index (χ3n) is 9.40. The molecule has 0 aromatic heterocycles. The van der Waals surface area contributed by atoms with Crippen LogP contribution in [0.5, 0.6) is 11.5 Å². The molecule has 0 radical (unpaired) electrons. The second kappa shape index (κ2) is 9.45. The standard InChI is InChI=1S/C30H36N2O4/c1-35-27-15-19(7-9-25(27)31-29(33)23-13-17-3-5-21(23)11-17)20-8-10-26(28(16-20)36-2)32-30(34)24-14-18-4-6-22(24)12-18/h7-10,15-18,21-24H,3-6,11-14H2,1-2H3,(H,31,33)(H,32,34)/t17-,18+,21-,22-,23-,24+/m1/s1. The summed E-state index contributed by atoms with van der Waals surface area (Å²) in [6.45, 7) is 0. The van der Waals surface area contributed by atoms with Gasteiger partial charge in [-0.2, -0.15) is 0 Å². The first-order valence-corrected chi connectivity index (χ1v) is 13.5. The number of rotatable bonds is 7. The molecule has 2 aromatic rings. The number of nitrogens with one attached hydrogen (secondary N) is 2. The van der Waals surface area contributed by atoms with Crippen LogP contribution in [-0.4, -0.2) is 26.0 Å². The number of amides is 2. The maximum absolute atomic E-state index is 13.0. The van der Waals surface area contributed by atoms with Gasteiger partial charge in [-0.05, 0) is 97.6 Å². The van der Waals surface area contributed by atoms with Crippen LogP contribution < -0.4 is 20.1 Å². The Balaban J connectivity index is 1.17. The number of carbonyl (C=O) groups excluding carboxylic acids is 2. The number of carbonyl (C=O) groups is 2. The minimum absolute atomic E-state index is 0.116. The average molecular weight is 489 g/mol. The highest BCUT2D eigenvalue weighted by Crippen LogP contribution is 2.50. The van der Waals surface area contributed by atoms with Gasteiger partial charge in [0.15, 0.2) is 0 Å². The highest BCUT2D eigenvalue weighted by molar-refractivity contribution is 5.96. The first-order chi connectivity index (χ1) is 17.5. The van der Waals surface area contributed by atoms with Gasteiger partial charge in [-0.3, -0.25) is 9.59 Å². The highest BCUT2D eigenvalue weighted by atomic mass is 16.5. The molecular formula is C30H36N2O4. The molecule has 4 aliphatic rings. The van der Waals surface area contributed by atoms with E-state index in [2.05, 4.69) is 10.6 Å². The van der Waals surface area contributed by atoms with Crippen molar-refractivity contribution in [3.05, 3.63) is 36.4 Å². The molecule has 0 aliphatic heterocycles. The van der Waals surface area contributed by atoms with Gasteiger partial charge in [0, 0.05) is 11.8 Å². The van der Waals surface area contributed by atoms with Gasteiger partial charge in [-0.15, -0.1) is 0 Å². The molecular weight excluding hydrogens is 452 g/mol. The lowest BCUT2D eigenvalue weighted by molar-refractivity contribution is -0.122. The first-order valence-electron chi connectivity index (χ1n) is 13.5. The molecule has 6 atom stereocenters. The fourth-order valence-electron chi connectivity index (χ4n) is 7.53. The predicted octanol–water partition coefficient (Wildman–Crippen LogP) is 6.12. The van der Waals surface area contributed by atoms with E-state index in [1.165, 1.54) is 38.5 Å². The number of fused-ring (bicyclic) bond motifs is 4. The van der Waals surface area contributed by atoms with Crippen LogP contribution in [0.3, 0.4) is 0 Å². The summed E-state index contributed by atoms with van der Waals surface area (Å²) in [6.07, 6.45) is 9.35. The van der Waals surface area contributed by atoms with Gasteiger partial charge in [-0.1, -0.05) is 25.0 Å². The van der Waals surface area contributed by atoms with Crippen molar-refractivity contribution in [2.24, 2.45) is 35.5 Å².